The van der Waals surface area contributed by atoms with Gasteiger partial charge in [0.05, 0.1) is 6.61 Å². The number of hydrogen-bond acceptors (Lipinski definition) is 4. The van der Waals surface area contributed by atoms with Crippen molar-refractivity contribution in [3.63, 3.8) is 0 Å². The van der Waals surface area contributed by atoms with Crippen molar-refractivity contribution in [1.82, 2.24) is 14.8 Å². The van der Waals surface area contributed by atoms with E-state index in [1.807, 2.05) is 18.2 Å². The fourth-order valence-corrected chi connectivity index (χ4v) is 3.87. The first-order chi connectivity index (χ1) is 12.1. The van der Waals surface area contributed by atoms with Crippen molar-refractivity contribution < 1.29 is 19.4 Å². The Balaban J connectivity index is 1.70. The van der Waals surface area contributed by atoms with Crippen LogP contribution in [0.2, 0.25) is 0 Å². The summed E-state index contributed by atoms with van der Waals surface area (Å²) in [5.41, 5.74) is 0.953. The van der Waals surface area contributed by atoms with E-state index >= 15 is 0 Å². The smallest absolute Gasteiger partial charge is 0.326 e. The number of aliphatic carboxylic acids is 1. The molecule has 0 bridgehead atoms. The number of likely N-dealkylation sites (N-methyl/N-ethyl adjacent to an activating group) is 1. The zero-order valence-electron chi connectivity index (χ0n) is 14.5. The molecule has 0 aromatic carbocycles. The number of pyridine rings is 1. The van der Waals surface area contributed by atoms with Gasteiger partial charge in [0.25, 0.3) is 0 Å². The summed E-state index contributed by atoms with van der Waals surface area (Å²) in [5, 5.41) is 9.62. The Bertz CT molecular complexity index is 604. The average molecular weight is 347 g/mol. The lowest BCUT2D eigenvalue weighted by molar-refractivity contribution is -0.144. The zero-order valence-corrected chi connectivity index (χ0v) is 14.5. The Kier molecular flexibility index (Phi) is 5.53. The highest BCUT2D eigenvalue weighted by molar-refractivity contribution is 5.83. The van der Waals surface area contributed by atoms with Gasteiger partial charge in [-0.25, -0.2) is 9.59 Å². The van der Waals surface area contributed by atoms with Crippen LogP contribution in [-0.4, -0.2) is 70.8 Å². The Labute approximate surface area is 147 Å². The van der Waals surface area contributed by atoms with E-state index in [-0.39, 0.29) is 18.0 Å². The summed E-state index contributed by atoms with van der Waals surface area (Å²) in [4.78, 5) is 32.3. The number of hydrogen-bond donors (Lipinski definition) is 1. The molecule has 1 aromatic heterocycles. The van der Waals surface area contributed by atoms with E-state index in [0.29, 0.717) is 32.6 Å². The second-order valence-corrected chi connectivity index (χ2v) is 6.81. The second-order valence-electron chi connectivity index (χ2n) is 6.81. The maximum Gasteiger partial charge on any atom is 0.326 e. The van der Waals surface area contributed by atoms with Gasteiger partial charge >= 0.3 is 12.0 Å². The van der Waals surface area contributed by atoms with Crippen molar-refractivity contribution in [2.45, 2.75) is 37.8 Å². The maximum atomic E-state index is 13.0. The third kappa shape index (κ3) is 3.92. The first kappa shape index (κ1) is 17.7. The van der Waals surface area contributed by atoms with Gasteiger partial charge in [-0.2, -0.15) is 0 Å². The molecule has 0 radical (unpaired) electrons. The number of carbonyl (C=O) groups excluding carboxylic acids is 1. The lowest BCUT2D eigenvalue weighted by Crippen LogP contribution is -2.53. The van der Waals surface area contributed by atoms with Crippen molar-refractivity contribution in [2.75, 3.05) is 26.8 Å². The van der Waals surface area contributed by atoms with Crippen molar-refractivity contribution in [3.05, 3.63) is 30.1 Å². The topological polar surface area (TPSA) is 83.0 Å². The molecule has 25 heavy (non-hydrogen) atoms. The molecule has 0 saturated carbocycles. The number of aromatic nitrogens is 1. The third-order valence-electron chi connectivity index (χ3n) is 5.18. The fourth-order valence-electron chi connectivity index (χ4n) is 3.87. The van der Waals surface area contributed by atoms with Gasteiger partial charge in [0.1, 0.15) is 6.04 Å². The molecule has 1 aromatic rings. The number of likely N-dealkylation sites (tertiary alicyclic amines) is 1. The number of ether oxygens (including phenoxy) is 1. The molecule has 2 saturated heterocycles. The van der Waals surface area contributed by atoms with Crippen molar-refractivity contribution in [2.24, 2.45) is 5.92 Å². The van der Waals surface area contributed by atoms with Gasteiger partial charge in [0.15, 0.2) is 0 Å². The molecular formula is C18H25N3O4. The normalized spacial score (nSPS) is 24.3. The number of carboxylic acids is 1. The third-order valence-corrected chi connectivity index (χ3v) is 5.18. The molecule has 2 unspecified atom stereocenters. The largest absolute Gasteiger partial charge is 0.480 e. The van der Waals surface area contributed by atoms with Crippen LogP contribution in [0.1, 0.15) is 25.0 Å². The molecule has 0 spiro atoms. The van der Waals surface area contributed by atoms with Crippen molar-refractivity contribution >= 4 is 12.0 Å². The number of nitrogens with zero attached hydrogens (tertiary/aromatic N) is 3. The summed E-state index contributed by atoms with van der Waals surface area (Å²) >= 11 is 0. The fraction of sp³-hybridized carbons (Fsp3) is 0.611. The van der Waals surface area contributed by atoms with Gasteiger partial charge in [-0.15, -0.1) is 0 Å². The molecule has 2 amide bonds. The monoisotopic (exact) mass is 347 g/mol. The molecule has 2 aliphatic heterocycles. The summed E-state index contributed by atoms with van der Waals surface area (Å²) in [6.07, 6.45) is 4.97. The minimum Gasteiger partial charge on any atom is -0.480 e. The van der Waals surface area contributed by atoms with Crippen LogP contribution >= 0.6 is 0 Å². The van der Waals surface area contributed by atoms with Gasteiger partial charge < -0.3 is 19.6 Å². The molecule has 136 valence electrons. The summed E-state index contributed by atoms with van der Waals surface area (Å²) in [5.74, 6) is -1.12. The van der Waals surface area contributed by atoms with Crippen LogP contribution in [0.5, 0.6) is 0 Å². The maximum absolute atomic E-state index is 13.0. The first-order valence-electron chi connectivity index (χ1n) is 8.82. The quantitative estimate of drug-likeness (QED) is 0.875. The predicted octanol–water partition coefficient (Wildman–Crippen LogP) is 1.63. The molecule has 7 nitrogen and oxygen atoms in total. The van der Waals surface area contributed by atoms with Crippen LogP contribution in [0.15, 0.2) is 24.4 Å². The van der Waals surface area contributed by atoms with E-state index in [2.05, 4.69) is 4.98 Å². The van der Waals surface area contributed by atoms with Crippen molar-refractivity contribution in [1.29, 1.82) is 0 Å². The highest BCUT2D eigenvalue weighted by Gasteiger charge is 2.40. The molecule has 1 N–H and O–H groups in total. The minimum atomic E-state index is -0.966. The Hall–Kier alpha value is -2.15. The zero-order chi connectivity index (χ0) is 17.8. The highest BCUT2D eigenvalue weighted by Crippen LogP contribution is 2.26. The van der Waals surface area contributed by atoms with Crippen molar-refractivity contribution in [3.8, 4) is 0 Å². The van der Waals surface area contributed by atoms with Gasteiger partial charge in [-0.1, -0.05) is 6.07 Å². The van der Waals surface area contributed by atoms with E-state index in [1.165, 1.54) is 4.90 Å². The van der Waals surface area contributed by atoms with E-state index < -0.39 is 12.0 Å². The van der Waals surface area contributed by atoms with Gasteiger partial charge in [0, 0.05) is 50.5 Å². The molecule has 0 aliphatic carbocycles. The van der Waals surface area contributed by atoms with E-state index in [1.54, 1.807) is 18.1 Å². The lowest BCUT2D eigenvalue weighted by atomic mass is 9.98. The van der Waals surface area contributed by atoms with E-state index in [0.717, 1.165) is 18.5 Å². The molecule has 7 heteroatoms. The Morgan fingerprint density at radius 2 is 2.28 bits per heavy atom. The number of amides is 2. The summed E-state index contributed by atoms with van der Waals surface area (Å²) < 4.78 is 5.32. The van der Waals surface area contributed by atoms with E-state index in [4.69, 9.17) is 4.74 Å². The molecular weight excluding hydrogens is 322 g/mol. The van der Waals surface area contributed by atoms with Crippen LogP contribution in [0.25, 0.3) is 0 Å². The Morgan fingerprint density at radius 3 is 2.92 bits per heavy atom. The minimum absolute atomic E-state index is 0.0686. The molecule has 3 atom stereocenters. The van der Waals surface area contributed by atoms with Gasteiger partial charge in [0.2, 0.25) is 0 Å². The van der Waals surface area contributed by atoms with Gasteiger partial charge in [-0.05, 0) is 31.4 Å². The first-order valence-corrected chi connectivity index (χ1v) is 8.82. The van der Waals surface area contributed by atoms with E-state index in [9.17, 15) is 14.7 Å². The Morgan fingerprint density at radius 1 is 1.44 bits per heavy atom. The van der Waals surface area contributed by atoms with Crippen LogP contribution in [0.3, 0.4) is 0 Å². The molecule has 3 rings (SSSR count). The summed E-state index contributed by atoms with van der Waals surface area (Å²) in [6.45, 7) is 1.61. The number of carbonyl (C=O) groups is 2. The highest BCUT2D eigenvalue weighted by atomic mass is 16.5. The predicted molar refractivity (Wildman–Crippen MR) is 91.2 cm³/mol. The number of carboxylic acid groups (broad SMARTS) is 1. The van der Waals surface area contributed by atoms with Crippen LogP contribution < -0.4 is 0 Å². The SMILES string of the molecule is CN(C(=O)N1CCCC1Cc1ccccn1)[C@H](C(=O)O)C1CCOC1. The van der Waals surface area contributed by atoms with Crippen LogP contribution in [0.4, 0.5) is 4.79 Å². The van der Waals surface area contributed by atoms with Crippen LogP contribution in [-0.2, 0) is 16.0 Å². The van der Waals surface area contributed by atoms with Gasteiger partial charge in [-0.3, -0.25) is 4.98 Å². The number of rotatable bonds is 5. The summed E-state index contributed by atoms with van der Waals surface area (Å²) in [6, 6.07) is 4.79. The second kappa shape index (κ2) is 7.82. The lowest BCUT2D eigenvalue weighted by Gasteiger charge is -2.34. The summed E-state index contributed by atoms with van der Waals surface area (Å²) in [7, 11) is 1.59. The average Bonchev–Trinajstić information content (AvgIpc) is 3.27. The molecule has 3 heterocycles. The molecule has 2 fully saturated rings. The van der Waals surface area contributed by atoms with Crippen LogP contribution in [0, 0.1) is 5.92 Å². The number of urea groups is 1. The standard InChI is InChI=1S/C18H25N3O4/c1-20(16(17(22)23)13-7-10-25-12-13)18(24)21-9-4-6-15(21)11-14-5-2-3-8-19-14/h2-3,5,8,13,15-16H,4,6-7,9-12H2,1H3,(H,22,23)/t13?,15?,16-/m0/s1. The molecule has 2 aliphatic rings.